The second-order valence-corrected chi connectivity index (χ2v) is 8.11. The molecule has 0 saturated heterocycles. The maximum Gasteiger partial charge on any atom is 0.290 e. The van der Waals surface area contributed by atoms with Crippen LogP contribution in [0.3, 0.4) is 0 Å². The zero-order valence-electron chi connectivity index (χ0n) is 17.0. The van der Waals surface area contributed by atoms with E-state index in [9.17, 15) is 9.59 Å². The lowest BCUT2D eigenvalue weighted by Crippen LogP contribution is -2.48. The molecule has 6 nitrogen and oxygen atoms in total. The molecule has 1 aliphatic heterocycles. The lowest BCUT2D eigenvalue weighted by Gasteiger charge is -2.39. The number of hydrogen-bond donors (Lipinski definition) is 0. The Morgan fingerprint density at radius 2 is 1.90 bits per heavy atom. The Kier molecular flexibility index (Phi) is 4.69. The van der Waals surface area contributed by atoms with Crippen LogP contribution in [0.25, 0.3) is 0 Å². The van der Waals surface area contributed by atoms with Gasteiger partial charge in [0.05, 0.1) is 12.3 Å². The van der Waals surface area contributed by atoms with E-state index >= 15 is 0 Å². The summed E-state index contributed by atoms with van der Waals surface area (Å²) in [5, 5.41) is 0. The van der Waals surface area contributed by atoms with Crippen LogP contribution in [0.2, 0.25) is 0 Å². The van der Waals surface area contributed by atoms with E-state index in [0.717, 1.165) is 36.2 Å². The minimum Gasteiger partial charge on any atom is -0.459 e. The van der Waals surface area contributed by atoms with Crippen LogP contribution >= 0.6 is 0 Å². The highest BCUT2D eigenvalue weighted by Gasteiger charge is 2.39. The molecule has 2 aliphatic rings. The molecular formula is C24H25N3O3. The minimum atomic E-state index is -0.205. The molecule has 2 amide bonds. The van der Waals surface area contributed by atoms with Gasteiger partial charge in [-0.05, 0) is 55.2 Å². The summed E-state index contributed by atoms with van der Waals surface area (Å²) in [6, 6.07) is 15.7. The topological polar surface area (TPSA) is 58.7 Å². The van der Waals surface area contributed by atoms with Crippen molar-refractivity contribution in [3.05, 3.63) is 83.6 Å². The molecule has 1 atom stereocenters. The monoisotopic (exact) mass is 403 g/mol. The van der Waals surface area contributed by atoms with Gasteiger partial charge in [-0.25, -0.2) is 0 Å². The number of hydrogen-bond acceptors (Lipinski definition) is 3. The molecule has 1 aliphatic carbocycles. The zero-order chi connectivity index (χ0) is 20.7. The Morgan fingerprint density at radius 3 is 2.63 bits per heavy atom. The molecule has 6 heteroatoms. The zero-order valence-corrected chi connectivity index (χ0v) is 17.0. The second kappa shape index (κ2) is 7.52. The van der Waals surface area contributed by atoms with Gasteiger partial charge in [0.2, 0.25) is 5.91 Å². The van der Waals surface area contributed by atoms with E-state index < -0.39 is 0 Å². The maximum absolute atomic E-state index is 13.5. The van der Waals surface area contributed by atoms with Crippen LogP contribution in [0.5, 0.6) is 0 Å². The fourth-order valence-corrected chi connectivity index (χ4v) is 4.40. The normalized spacial score (nSPS) is 18.2. The number of furan rings is 1. The van der Waals surface area contributed by atoms with Crippen LogP contribution in [-0.2, 0) is 11.3 Å². The van der Waals surface area contributed by atoms with E-state index in [-0.39, 0.29) is 36.2 Å². The predicted octanol–water partition coefficient (Wildman–Crippen LogP) is 3.63. The number of fused-ring (bicyclic) bond motifs is 1. The van der Waals surface area contributed by atoms with Crippen molar-refractivity contribution >= 4 is 11.8 Å². The van der Waals surface area contributed by atoms with Crippen molar-refractivity contribution in [2.24, 2.45) is 0 Å². The highest BCUT2D eigenvalue weighted by Crippen LogP contribution is 2.35. The maximum atomic E-state index is 13.5. The molecule has 1 fully saturated rings. The largest absolute Gasteiger partial charge is 0.459 e. The van der Waals surface area contributed by atoms with Crippen molar-refractivity contribution in [2.45, 2.75) is 38.4 Å². The molecule has 1 aromatic carbocycles. The van der Waals surface area contributed by atoms with Crippen LogP contribution in [0.1, 0.15) is 46.3 Å². The van der Waals surface area contributed by atoms with Crippen molar-refractivity contribution in [2.75, 3.05) is 13.1 Å². The first kappa shape index (κ1) is 18.7. The van der Waals surface area contributed by atoms with Crippen molar-refractivity contribution in [1.29, 1.82) is 0 Å². The summed E-state index contributed by atoms with van der Waals surface area (Å²) in [6.07, 6.45) is 5.43. The van der Waals surface area contributed by atoms with Gasteiger partial charge in [0, 0.05) is 31.0 Å². The number of amides is 2. The van der Waals surface area contributed by atoms with E-state index in [1.54, 1.807) is 17.0 Å². The number of carbonyl (C=O) groups is 2. The Bertz CT molecular complexity index is 1070. The van der Waals surface area contributed by atoms with Crippen molar-refractivity contribution < 1.29 is 14.0 Å². The van der Waals surface area contributed by atoms with E-state index in [4.69, 9.17) is 4.42 Å². The molecule has 5 rings (SSSR count). The molecule has 3 aromatic rings. The Balaban J connectivity index is 1.45. The van der Waals surface area contributed by atoms with Gasteiger partial charge in [-0.2, -0.15) is 0 Å². The highest BCUT2D eigenvalue weighted by atomic mass is 16.3. The van der Waals surface area contributed by atoms with E-state index in [0.29, 0.717) is 6.54 Å². The third-order valence-corrected chi connectivity index (χ3v) is 6.13. The van der Waals surface area contributed by atoms with Crippen molar-refractivity contribution in [3.8, 4) is 0 Å². The van der Waals surface area contributed by atoms with Crippen LogP contribution in [-0.4, -0.2) is 45.3 Å². The van der Waals surface area contributed by atoms with Gasteiger partial charge in [0.15, 0.2) is 5.76 Å². The highest BCUT2D eigenvalue weighted by molar-refractivity contribution is 5.94. The average Bonchev–Trinajstić information content (AvgIpc) is 3.24. The number of nitrogens with zero attached hydrogens (tertiary/aromatic N) is 3. The van der Waals surface area contributed by atoms with Crippen LogP contribution < -0.4 is 0 Å². The molecule has 0 spiro atoms. The van der Waals surface area contributed by atoms with Gasteiger partial charge in [-0.1, -0.05) is 24.3 Å². The summed E-state index contributed by atoms with van der Waals surface area (Å²) in [6.45, 7) is 3.53. The number of benzene rings is 1. The molecule has 0 N–H and O–H groups in total. The van der Waals surface area contributed by atoms with E-state index in [2.05, 4.69) is 35.9 Å². The molecule has 30 heavy (non-hydrogen) atoms. The molecule has 154 valence electrons. The van der Waals surface area contributed by atoms with Crippen LogP contribution in [0.15, 0.2) is 65.4 Å². The van der Waals surface area contributed by atoms with Crippen molar-refractivity contribution in [1.82, 2.24) is 14.4 Å². The SMILES string of the molecule is Cc1ccccc1[C@@H]1c2cccn2CCN1C(=O)CN(C(=O)c1ccco1)C1CC1. The average molecular weight is 403 g/mol. The molecule has 0 radical (unpaired) electrons. The first-order valence-electron chi connectivity index (χ1n) is 10.5. The molecule has 3 heterocycles. The smallest absolute Gasteiger partial charge is 0.290 e. The summed E-state index contributed by atoms with van der Waals surface area (Å²) in [4.78, 5) is 30.1. The fraction of sp³-hybridized carbons (Fsp3) is 0.333. The molecular weight excluding hydrogens is 378 g/mol. The van der Waals surface area contributed by atoms with Crippen molar-refractivity contribution in [3.63, 3.8) is 0 Å². The number of aryl methyl sites for hydroxylation is 1. The molecule has 0 bridgehead atoms. The van der Waals surface area contributed by atoms with Gasteiger partial charge in [-0.3, -0.25) is 9.59 Å². The van der Waals surface area contributed by atoms with Gasteiger partial charge >= 0.3 is 0 Å². The summed E-state index contributed by atoms with van der Waals surface area (Å²) in [7, 11) is 0. The number of rotatable bonds is 5. The number of aromatic nitrogens is 1. The standard InChI is InChI=1S/C24H25N3O3/c1-17-6-2-3-7-19(17)23-20-8-4-12-25(20)13-14-26(23)22(28)16-27(18-10-11-18)24(29)21-9-5-15-30-21/h2-9,12,15,18,23H,10-11,13-14,16H2,1H3/t23-/m1/s1. The second-order valence-electron chi connectivity index (χ2n) is 8.11. The van der Waals surface area contributed by atoms with Crippen LogP contribution in [0.4, 0.5) is 0 Å². The molecule has 2 aromatic heterocycles. The summed E-state index contributed by atoms with van der Waals surface area (Å²) in [5.41, 5.74) is 3.39. The Hall–Kier alpha value is -3.28. The predicted molar refractivity (Wildman–Crippen MR) is 112 cm³/mol. The van der Waals surface area contributed by atoms with E-state index in [1.807, 2.05) is 23.1 Å². The molecule has 1 saturated carbocycles. The van der Waals surface area contributed by atoms with Crippen LogP contribution in [0, 0.1) is 6.92 Å². The fourth-order valence-electron chi connectivity index (χ4n) is 4.40. The Labute approximate surface area is 175 Å². The summed E-state index contributed by atoms with van der Waals surface area (Å²) < 4.78 is 7.52. The summed E-state index contributed by atoms with van der Waals surface area (Å²) >= 11 is 0. The first-order chi connectivity index (χ1) is 14.6. The molecule has 0 unspecified atom stereocenters. The lowest BCUT2D eigenvalue weighted by molar-refractivity contribution is -0.134. The third kappa shape index (κ3) is 3.32. The third-order valence-electron chi connectivity index (χ3n) is 6.13. The quantitative estimate of drug-likeness (QED) is 0.654. The van der Waals surface area contributed by atoms with Gasteiger partial charge in [0.1, 0.15) is 6.54 Å². The summed E-state index contributed by atoms with van der Waals surface area (Å²) in [5.74, 6) is 0.0591. The lowest BCUT2D eigenvalue weighted by atomic mass is 9.95. The minimum absolute atomic E-state index is 0.0255. The van der Waals surface area contributed by atoms with E-state index in [1.165, 1.54) is 6.26 Å². The van der Waals surface area contributed by atoms with Gasteiger partial charge in [-0.15, -0.1) is 0 Å². The first-order valence-corrected chi connectivity index (χ1v) is 10.5. The number of carbonyl (C=O) groups excluding carboxylic acids is 2. The van der Waals surface area contributed by atoms with Gasteiger partial charge in [0.25, 0.3) is 5.91 Å². The van der Waals surface area contributed by atoms with Gasteiger partial charge < -0.3 is 18.8 Å². The Morgan fingerprint density at radius 1 is 1.07 bits per heavy atom.